The van der Waals surface area contributed by atoms with Gasteiger partial charge in [-0.1, -0.05) is 0 Å². The zero-order chi connectivity index (χ0) is 11.4. The molecular weight excluding hydrogens is 255 g/mol. The number of ether oxygens (including phenoxy) is 1. The van der Waals surface area contributed by atoms with Crippen molar-refractivity contribution in [1.82, 2.24) is 0 Å². The number of methoxy groups -OCH3 is 1. The van der Waals surface area contributed by atoms with Crippen LogP contribution in [-0.4, -0.2) is 28.0 Å². The van der Waals surface area contributed by atoms with E-state index in [2.05, 4.69) is 11.7 Å². The average Bonchev–Trinajstić information content (AvgIpc) is 2.26. The zero-order valence-corrected chi connectivity index (χ0v) is 11.8. The molecule has 0 spiro atoms. The standard InChI is InChI=1S/C12H24O2Se/c1-3-4-7-10-15-11-8-5-6-9-12(13)14-2/h3-11H2,1-2H3. The summed E-state index contributed by atoms with van der Waals surface area (Å²) in [5, 5.41) is 2.83. The molecule has 0 aliphatic heterocycles. The fourth-order valence-electron chi connectivity index (χ4n) is 1.31. The van der Waals surface area contributed by atoms with E-state index in [1.54, 1.807) is 0 Å². The number of hydrogen-bond donors (Lipinski definition) is 0. The molecule has 0 aromatic carbocycles. The van der Waals surface area contributed by atoms with Crippen LogP contribution < -0.4 is 0 Å². The van der Waals surface area contributed by atoms with Crippen LogP contribution in [0, 0.1) is 0 Å². The fraction of sp³-hybridized carbons (Fsp3) is 0.917. The predicted molar refractivity (Wildman–Crippen MR) is 65.4 cm³/mol. The molecular formula is C12H24O2Se. The fourth-order valence-corrected chi connectivity index (χ4v) is 3.45. The SMILES string of the molecule is CCCCC[Se]CCCCCC(=O)OC. The third kappa shape index (κ3) is 11.9. The molecule has 0 saturated carbocycles. The molecule has 0 fully saturated rings. The second kappa shape index (κ2) is 12.1. The molecule has 0 heterocycles. The summed E-state index contributed by atoms with van der Waals surface area (Å²) in [7, 11) is 1.46. The molecule has 0 atom stereocenters. The van der Waals surface area contributed by atoms with Gasteiger partial charge in [0.25, 0.3) is 0 Å². The summed E-state index contributed by atoms with van der Waals surface area (Å²) in [6, 6.07) is 0. The van der Waals surface area contributed by atoms with Crippen LogP contribution in [0.5, 0.6) is 0 Å². The van der Waals surface area contributed by atoms with Gasteiger partial charge in [0.05, 0.1) is 0 Å². The number of carbonyl (C=O) groups excluding carboxylic acids is 1. The van der Waals surface area contributed by atoms with Gasteiger partial charge in [0.2, 0.25) is 0 Å². The van der Waals surface area contributed by atoms with Gasteiger partial charge in [-0.2, -0.15) is 0 Å². The van der Waals surface area contributed by atoms with Crippen molar-refractivity contribution >= 4 is 20.9 Å². The maximum atomic E-state index is 10.8. The van der Waals surface area contributed by atoms with E-state index in [-0.39, 0.29) is 5.97 Å². The van der Waals surface area contributed by atoms with E-state index in [4.69, 9.17) is 0 Å². The third-order valence-electron chi connectivity index (χ3n) is 2.29. The van der Waals surface area contributed by atoms with E-state index in [1.807, 2.05) is 0 Å². The van der Waals surface area contributed by atoms with Crippen molar-refractivity contribution in [2.24, 2.45) is 0 Å². The van der Waals surface area contributed by atoms with E-state index >= 15 is 0 Å². The van der Waals surface area contributed by atoms with Crippen molar-refractivity contribution in [3.63, 3.8) is 0 Å². The van der Waals surface area contributed by atoms with Gasteiger partial charge >= 0.3 is 100 Å². The first kappa shape index (κ1) is 15.0. The Labute approximate surface area is 100 Å². The number of esters is 1. The first-order valence-corrected chi connectivity index (χ1v) is 8.38. The normalized spacial score (nSPS) is 10.3. The molecule has 0 N–H and O–H groups in total. The Balaban J connectivity index is 2.95. The molecule has 0 unspecified atom stereocenters. The molecule has 0 saturated heterocycles. The van der Waals surface area contributed by atoms with E-state index < -0.39 is 0 Å². The number of unbranched alkanes of at least 4 members (excludes halogenated alkanes) is 4. The quantitative estimate of drug-likeness (QED) is 0.348. The maximum absolute atomic E-state index is 10.8. The van der Waals surface area contributed by atoms with Crippen molar-refractivity contribution in [1.29, 1.82) is 0 Å². The van der Waals surface area contributed by atoms with Crippen LogP contribution in [0.3, 0.4) is 0 Å². The summed E-state index contributed by atoms with van der Waals surface area (Å²) in [5.74, 6) is -0.0662. The molecule has 15 heavy (non-hydrogen) atoms. The Hall–Kier alpha value is -0.0105. The molecule has 0 aliphatic rings. The Morgan fingerprint density at radius 3 is 2.33 bits per heavy atom. The Kier molecular flexibility index (Phi) is 12.1. The van der Waals surface area contributed by atoms with Crippen molar-refractivity contribution in [3.05, 3.63) is 0 Å². The van der Waals surface area contributed by atoms with Gasteiger partial charge in [-0.05, 0) is 0 Å². The van der Waals surface area contributed by atoms with Crippen LogP contribution in [-0.2, 0) is 9.53 Å². The molecule has 0 aromatic rings. The first-order chi connectivity index (χ1) is 7.31. The minimum atomic E-state index is -0.0662. The van der Waals surface area contributed by atoms with Crippen molar-refractivity contribution in [2.75, 3.05) is 7.11 Å². The van der Waals surface area contributed by atoms with Crippen LogP contribution >= 0.6 is 0 Å². The molecule has 0 aliphatic carbocycles. The Bertz CT molecular complexity index is 149. The summed E-state index contributed by atoms with van der Waals surface area (Å²) in [5.41, 5.74) is 0. The van der Waals surface area contributed by atoms with Crippen LogP contribution in [0.15, 0.2) is 0 Å². The van der Waals surface area contributed by atoms with Crippen molar-refractivity contribution < 1.29 is 9.53 Å². The Morgan fingerprint density at radius 1 is 1.07 bits per heavy atom. The van der Waals surface area contributed by atoms with Gasteiger partial charge in [-0.3, -0.25) is 0 Å². The summed E-state index contributed by atoms with van der Waals surface area (Å²) in [6.45, 7) is 2.25. The monoisotopic (exact) mass is 280 g/mol. The van der Waals surface area contributed by atoms with Gasteiger partial charge in [0, 0.05) is 0 Å². The van der Waals surface area contributed by atoms with Crippen LogP contribution in [0.2, 0.25) is 10.6 Å². The van der Waals surface area contributed by atoms with Crippen molar-refractivity contribution in [3.8, 4) is 0 Å². The second-order valence-electron chi connectivity index (χ2n) is 3.71. The average molecular weight is 279 g/mol. The van der Waals surface area contributed by atoms with Gasteiger partial charge < -0.3 is 0 Å². The molecule has 0 aromatic heterocycles. The predicted octanol–water partition coefficient (Wildman–Crippen LogP) is 3.45. The van der Waals surface area contributed by atoms with E-state index in [0.717, 1.165) is 21.4 Å². The second-order valence-corrected chi connectivity index (χ2v) is 6.28. The topological polar surface area (TPSA) is 26.3 Å². The summed E-state index contributed by atoms with van der Waals surface area (Å²) < 4.78 is 4.59. The van der Waals surface area contributed by atoms with Crippen LogP contribution in [0.4, 0.5) is 0 Å². The number of carbonyl (C=O) groups is 1. The molecule has 0 amide bonds. The number of hydrogen-bond acceptors (Lipinski definition) is 2. The van der Waals surface area contributed by atoms with Gasteiger partial charge in [0.1, 0.15) is 0 Å². The molecule has 0 bridgehead atoms. The van der Waals surface area contributed by atoms with E-state index in [9.17, 15) is 4.79 Å². The van der Waals surface area contributed by atoms with Crippen LogP contribution in [0.25, 0.3) is 0 Å². The Morgan fingerprint density at radius 2 is 1.73 bits per heavy atom. The molecule has 0 rings (SSSR count). The van der Waals surface area contributed by atoms with Crippen LogP contribution in [0.1, 0.15) is 51.9 Å². The van der Waals surface area contributed by atoms with E-state index in [1.165, 1.54) is 49.9 Å². The summed E-state index contributed by atoms with van der Waals surface area (Å²) in [6.07, 6.45) is 8.21. The molecule has 2 nitrogen and oxygen atoms in total. The zero-order valence-electron chi connectivity index (χ0n) is 10.1. The van der Waals surface area contributed by atoms with Crippen molar-refractivity contribution in [2.45, 2.75) is 62.5 Å². The summed E-state index contributed by atoms with van der Waals surface area (Å²) in [4.78, 5) is 10.8. The van der Waals surface area contributed by atoms with Gasteiger partial charge in [-0.15, -0.1) is 0 Å². The van der Waals surface area contributed by atoms with E-state index in [0.29, 0.717) is 6.42 Å². The first-order valence-electron chi connectivity index (χ1n) is 5.95. The molecule has 0 radical (unpaired) electrons. The van der Waals surface area contributed by atoms with Gasteiger partial charge in [-0.25, -0.2) is 0 Å². The number of rotatable bonds is 10. The minimum absolute atomic E-state index is 0.0662. The molecule has 90 valence electrons. The summed E-state index contributed by atoms with van der Waals surface area (Å²) >= 11 is 0.848. The molecule has 3 heteroatoms. The third-order valence-corrected chi connectivity index (χ3v) is 4.71. The van der Waals surface area contributed by atoms with Gasteiger partial charge in [0.15, 0.2) is 0 Å².